The number of rotatable bonds is 2. The van der Waals surface area contributed by atoms with Gasteiger partial charge in [-0.15, -0.1) is 4.68 Å². The van der Waals surface area contributed by atoms with E-state index in [1.807, 2.05) is 0 Å². The first kappa shape index (κ1) is 9.32. The second-order valence-electron chi connectivity index (χ2n) is 2.79. The highest BCUT2D eigenvalue weighted by molar-refractivity contribution is 5.21. The zero-order valence-corrected chi connectivity index (χ0v) is 8.11. The highest BCUT2D eigenvalue weighted by Gasteiger charge is 2.06. The Morgan fingerprint density at radius 3 is 2.87 bits per heavy atom. The van der Waals surface area contributed by atoms with Crippen molar-refractivity contribution in [2.24, 2.45) is 0 Å². The van der Waals surface area contributed by atoms with E-state index in [0.29, 0.717) is 5.82 Å². The fourth-order valence-corrected chi connectivity index (χ4v) is 1.11. The number of aromatic nitrogens is 5. The van der Waals surface area contributed by atoms with E-state index in [1.54, 1.807) is 37.4 Å². The lowest BCUT2D eigenvalue weighted by molar-refractivity contribution is 0.753. The predicted molar refractivity (Wildman–Crippen MR) is 54.4 cm³/mol. The van der Waals surface area contributed by atoms with Gasteiger partial charge in [-0.2, -0.15) is 4.68 Å². The molecular formula is C9H9N5O. The Labute approximate surface area is 85.5 Å². The topological polar surface area (TPSA) is 65.6 Å². The van der Waals surface area contributed by atoms with Crippen molar-refractivity contribution in [1.82, 2.24) is 24.8 Å². The summed E-state index contributed by atoms with van der Waals surface area (Å²) in [5.41, 5.74) is -0.341. The third kappa shape index (κ3) is 1.69. The van der Waals surface area contributed by atoms with Gasteiger partial charge < -0.3 is 0 Å². The molecule has 0 saturated heterocycles. The normalized spacial score (nSPS) is 11.0. The standard InChI is InChI=1S/C9H9N5O/c1-2-7-13-9(15)14(12-11-13)8-5-3-4-6-10-8/h2-7H,1H3/b7-2-. The van der Waals surface area contributed by atoms with Crippen molar-refractivity contribution in [1.29, 1.82) is 0 Å². The van der Waals surface area contributed by atoms with Crippen LogP contribution in [0.15, 0.2) is 35.3 Å². The Morgan fingerprint density at radius 1 is 1.33 bits per heavy atom. The monoisotopic (exact) mass is 203 g/mol. The molecular weight excluding hydrogens is 194 g/mol. The Hall–Kier alpha value is -2.24. The van der Waals surface area contributed by atoms with Gasteiger partial charge in [0.05, 0.1) is 0 Å². The fourth-order valence-electron chi connectivity index (χ4n) is 1.11. The Kier molecular flexibility index (Phi) is 2.40. The largest absolute Gasteiger partial charge is 0.374 e. The molecule has 0 aliphatic heterocycles. The highest BCUT2D eigenvalue weighted by atomic mass is 16.2. The quantitative estimate of drug-likeness (QED) is 0.704. The molecule has 0 aliphatic rings. The average Bonchev–Trinajstić information content (AvgIpc) is 2.63. The molecule has 0 fully saturated rings. The van der Waals surface area contributed by atoms with Crippen LogP contribution in [0.1, 0.15) is 6.92 Å². The van der Waals surface area contributed by atoms with Gasteiger partial charge in [0, 0.05) is 12.4 Å². The molecule has 15 heavy (non-hydrogen) atoms. The molecule has 6 heteroatoms. The van der Waals surface area contributed by atoms with Gasteiger partial charge in [0.25, 0.3) is 0 Å². The molecule has 0 spiro atoms. The van der Waals surface area contributed by atoms with Gasteiger partial charge in [0.2, 0.25) is 0 Å². The summed E-state index contributed by atoms with van der Waals surface area (Å²) in [6, 6.07) is 5.24. The van der Waals surface area contributed by atoms with Crippen LogP contribution in [0.5, 0.6) is 0 Å². The zero-order chi connectivity index (χ0) is 10.7. The third-order valence-electron chi connectivity index (χ3n) is 1.76. The average molecular weight is 203 g/mol. The molecule has 2 aromatic heterocycles. The van der Waals surface area contributed by atoms with Crippen molar-refractivity contribution < 1.29 is 0 Å². The first-order chi connectivity index (χ1) is 7.33. The molecule has 2 rings (SSSR count). The molecule has 0 amide bonds. The second kappa shape index (κ2) is 3.87. The van der Waals surface area contributed by atoms with E-state index < -0.39 is 0 Å². The van der Waals surface area contributed by atoms with Gasteiger partial charge in [-0.25, -0.2) is 9.78 Å². The summed E-state index contributed by atoms with van der Waals surface area (Å²) >= 11 is 0. The zero-order valence-electron chi connectivity index (χ0n) is 8.11. The molecule has 0 unspecified atom stereocenters. The minimum atomic E-state index is -0.341. The summed E-state index contributed by atoms with van der Waals surface area (Å²) < 4.78 is 2.29. The lowest BCUT2D eigenvalue weighted by atomic mass is 10.5. The Morgan fingerprint density at radius 2 is 2.20 bits per heavy atom. The van der Waals surface area contributed by atoms with Crippen molar-refractivity contribution in [3.63, 3.8) is 0 Å². The first-order valence-corrected chi connectivity index (χ1v) is 4.41. The molecule has 0 bridgehead atoms. The highest BCUT2D eigenvalue weighted by Crippen LogP contribution is 1.95. The molecule has 0 aliphatic carbocycles. The van der Waals surface area contributed by atoms with Crippen molar-refractivity contribution >= 4 is 6.20 Å². The van der Waals surface area contributed by atoms with Crippen LogP contribution in [-0.2, 0) is 0 Å². The lowest BCUT2D eigenvalue weighted by Crippen LogP contribution is -2.21. The number of hydrogen-bond acceptors (Lipinski definition) is 4. The van der Waals surface area contributed by atoms with Gasteiger partial charge >= 0.3 is 5.69 Å². The maximum atomic E-state index is 11.7. The SMILES string of the molecule is C/C=C\n1nnn(-c2ccccn2)c1=O. The minimum absolute atomic E-state index is 0.341. The summed E-state index contributed by atoms with van der Waals surface area (Å²) in [6.07, 6.45) is 4.84. The summed E-state index contributed by atoms with van der Waals surface area (Å²) in [5.74, 6) is 0.457. The second-order valence-corrected chi connectivity index (χ2v) is 2.79. The predicted octanol–water partition coefficient (Wildman–Crippen LogP) is 0.315. The number of hydrogen-bond donors (Lipinski definition) is 0. The fraction of sp³-hybridized carbons (Fsp3) is 0.111. The van der Waals surface area contributed by atoms with Gasteiger partial charge in [-0.1, -0.05) is 12.1 Å². The molecule has 76 valence electrons. The molecule has 0 radical (unpaired) electrons. The van der Waals surface area contributed by atoms with Gasteiger partial charge in [0.15, 0.2) is 5.82 Å². The number of tetrazole rings is 1. The molecule has 0 aromatic carbocycles. The number of nitrogens with zero attached hydrogens (tertiary/aromatic N) is 5. The van der Waals surface area contributed by atoms with Gasteiger partial charge in [-0.05, 0) is 29.5 Å². The maximum Gasteiger partial charge on any atom is 0.374 e. The number of allylic oxidation sites excluding steroid dienone is 1. The Bertz CT molecular complexity index is 525. The van der Waals surface area contributed by atoms with Gasteiger partial charge in [0.1, 0.15) is 0 Å². The van der Waals surface area contributed by atoms with Crippen LogP contribution in [0.2, 0.25) is 0 Å². The molecule has 0 N–H and O–H groups in total. The van der Waals surface area contributed by atoms with Crippen molar-refractivity contribution in [3.05, 3.63) is 41.0 Å². The van der Waals surface area contributed by atoms with Crippen molar-refractivity contribution in [2.45, 2.75) is 6.92 Å². The smallest absolute Gasteiger partial charge is 0.243 e. The molecule has 2 heterocycles. The third-order valence-corrected chi connectivity index (χ3v) is 1.76. The van der Waals surface area contributed by atoms with E-state index in [2.05, 4.69) is 15.4 Å². The summed E-state index contributed by atoms with van der Waals surface area (Å²) in [4.78, 5) is 15.7. The van der Waals surface area contributed by atoms with Crippen molar-refractivity contribution in [2.75, 3.05) is 0 Å². The summed E-state index contributed by atoms with van der Waals surface area (Å²) in [6.45, 7) is 1.80. The summed E-state index contributed by atoms with van der Waals surface area (Å²) in [7, 11) is 0. The first-order valence-electron chi connectivity index (χ1n) is 4.41. The van der Waals surface area contributed by atoms with Crippen LogP contribution >= 0.6 is 0 Å². The van der Waals surface area contributed by atoms with Crippen LogP contribution in [0, 0.1) is 0 Å². The molecule has 0 saturated carbocycles. The van der Waals surface area contributed by atoms with Crippen LogP contribution in [0.4, 0.5) is 0 Å². The molecule has 6 nitrogen and oxygen atoms in total. The van der Waals surface area contributed by atoms with Crippen molar-refractivity contribution in [3.8, 4) is 5.82 Å². The number of pyridine rings is 1. The summed E-state index contributed by atoms with van der Waals surface area (Å²) in [5, 5.41) is 7.38. The van der Waals surface area contributed by atoms with E-state index in [1.165, 1.54) is 6.20 Å². The lowest BCUT2D eigenvalue weighted by Gasteiger charge is -1.93. The molecule has 0 atom stereocenters. The molecule has 2 aromatic rings. The van der Waals surface area contributed by atoms with E-state index in [9.17, 15) is 4.79 Å². The Balaban J connectivity index is 2.52. The van der Waals surface area contributed by atoms with E-state index in [-0.39, 0.29) is 5.69 Å². The van der Waals surface area contributed by atoms with E-state index in [4.69, 9.17) is 0 Å². The van der Waals surface area contributed by atoms with E-state index in [0.717, 1.165) is 9.36 Å². The van der Waals surface area contributed by atoms with Gasteiger partial charge in [-0.3, -0.25) is 0 Å². The van der Waals surface area contributed by atoms with Crippen LogP contribution in [-0.4, -0.2) is 24.8 Å². The van der Waals surface area contributed by atoms with Crippen LogP contribution in [0.25, 0.3) is 12.0 Å². The minimum Gasteiger partial charge on any atom is -0.243 e. The maximum absolute atomic E-state index is 11.7. The van der Waals surface area contributed by atoms with Crippen LogP contribution < -0.4 is 5.69 Å². The van der Waals surface area contributed by atoms with E-state index >= 15 is 0 Å². The van der Waals surface area contributed by atoms with Crippen LogP contribution in [0.3, 0.4) is 0 Å².